The molecule has 0 saturated heterocycles. The monoisotopic (exact) mass is 527 g/mol. The molecule has 0 aliphatic rings. The molecule has 0 fully saturated rings. The molecule has 0 bridgehead atoms. The zero-order valence-corrected chi connectivity index (χ0v) is 24.9. The second kappa shape index (κ2) is 12.8. The van der Waals surface area contributed by atoms with E-state index in [0.29, 0.717) is 0 Å². The van der Waals surface area contributed by atoms with Crippen molar-refractivity contribution in [3.63, 3.8) is 0 Å². The Hall–Kier alpha value is 6.47. The molecule has 0 N–H and O–H groups in total. The van der Waals surface area contributed by atoms with Crippen LogP contribution < -0.4 is 0 Å². The topological polar surface area (TPSA) is 12.4 Å². The summed E-state index contributed by atoms with van der Waals surface area (Å²) in [5.74, 6) is 0. The van der Waals surface area contributed by atoms with Gasteiger partial charge in [-0.2, -0.15) is 4.13 Å². The lowest BCUT2D eigenvalue weighted by Crippen LogP contribution is -1.56. The van der Waals surface area contributed by atoms with Crippen molar-refractivity contribution in [2.75, 3.05) is 0 Å². The molecule has 0 aliphatic carbocycles. The lowest BCUT2D eigenvalue weighted by atomic mass is 13.9. The fourth-order valence-corrected chi connectivity index (χ4v) is 140. The second-order valence-electron chi connectivity index (χ2n) is 2.41. The number of nitrogens with zero attached hydrogens (tertiary/aromatic N) is 1. The van der Waals surface area contributed by atoms with E-state index in [9.17, 15) is 0 Å². The predicted octanol–water partition coefficient (Wildman–Crippen LogP) is 8.82. The Bertz CT molecular complexity index is 185. The summed E-state index contributed by atoms with van der Waals surface area (Å²) in [7, 11) is 23.7. The smallest absolute Gasteiger partial charge is 0.0989 e. The third kappa shape index (κ3) is 8.93. The fraction of sp³-hybridized carbons (Fsp3) is 0. The first-order valence-corrected chi connectivity index (χ1v) is 30.5. The van der Waals surface area contributed by atoms with E-state index in [1.54, 1.807) is 0 Å². The van der Waals surface area contributed by atoms with Crippen LogP contribution in [0.5, 0.6) is 0 Å². The van der Waals surface area contributed by atoms with Gasteiger partial charge in [0.15, 0.2) is 0 Å². The molecule has 0 heterocycles. The molecule has 0 saturated carbocycles. The molecule has 0 radical (unpaired) electrons. The van der Waals surface area contributed by atoms with Gasteiger partial charge < -0.3 is 0 Å². The first kappa shape index (κ1) is 23.5. The van der Waals surface area contributed by atoms with E-state index in [1.165, 1.54) is 0 Å². The summed E-state index contributed by atoms with van der Waals surface area (Å²) in [6.45, 7) is -0.434. The van der Waals surface area contributed by atoms with E-state index >= 15 is 0 Å². The summed E-state index contributed by atoms with van der Waals surface area (Å²) in [5, 5.41) is 0. The molecule has 0 aliphatic heterocycles. The molecular weight excluding hydrogens is 511 g/mol. The average molecular weight is 527 g/mol. The minimum Gasteiger partial charge on any atom is -0.185 e. The Kier molecular flexibility index (Phi) is 17.6. The lowest BCUT2D eigenvalue weighted by Gasteiger charge is -2.37. The zero-order chi connectivity index (χ0) is 13.7. The van der Waals surface area contributed by atoms with Crippen molar-refractivity contribution in [3.05, 3.63) is 0 Å². The van der Waals surface area contributed by atoms with Crippen LogP contribution in [0.4, 0.5) is 0 Å². The van der Waals surface area contributed by atoms with Crippen molar-refractivity contribution in [1.29, 1.82) is 0 Å². The van der Waals surface area contributed by atoms with Crippen LogP contribution in [0, 0.1) is 0 Å². The van der Waals surface area contributed by atoms with E-state index < -0.39 is 0 Å². The normalized spacial score (nSPS) is 13.1. The van der Waals surface area contributed by atoms with Crippen molar-refractivity contribution in [2.24, 2.45) is 4.13 Å². The maximum atomic E-state index is 5.16. The van der Waals surface area contributed by atoms with Gasteiger partial charge in [-0.25, -0.2) is 0 Å². The van der Waals surface area contributed by atoms with Crippen LogP contribution in [0.15, 0.2) is 4.13 Å². The van der Waals surface area contributed by atoms with Gasteiger partial charge in [-0.3, -0.25) is 0 Å². The zero-order valence-electron chi connectivity index (χ0n) is 8.60. The minimum atomic E-state index is -0.325. The summed E-state index contributed by atoms with van der Waals surface area (Å²) in [5.41, 5.74) is 0. The molecule has 8 atom stereocenters. The third-order valence-electron chi connectivity index (χ3n) is 1.22. The molecule has 17 heteroatoms. The van der Waals surface area contributed by atoms with Crippen LogP contribution in [0.25, 0.3) is 0 Å². The van der Waals surface area contributed by atoms with Gasteiger partial charge in [-0.05, 0) is 27.9 Å². The maximum absolute atomic E-state index is 5.16. The minimum absolute atomic E-state index is 0.0631. The Morgan fingerprint density at radius 1 is 0.588 bits per heavy atom. The molecular formula is H16NP15S. The van der Waals surface area contributed by atoms with Crippen LogP contribution in [-0.2, 0) is 12.4 Å². The highest BCUT2D eigenvalue weighted by atomic mass is 33.3. The Morgan fingerprint density at radius 3 is 0.941 bits per heavy atom. The predicted molar refractivity (Wildman–Crippen MR) is 136 cm³/mol. The summed E-state index contributed by atoms with van der Waals surface area (Å²) in [6.07, 6.45) is 0. The fourth-order valence-electron chi connectivity index (χ4n) is 0.745. The Morgan fingerprint density at radius 2 is 0.824 bits per heavy atom. The van der Waals surface area contributed by atoms with E-state index in [0.717, 1.165) is 0 Å². The van der Waals surface area contributed by atoms with Gasteiger partial charge in [0.25, 0.3) is 0 Å². The first-order chi connectivity index (χ1) is 7.73. The lowest BCUT2D eigenvalue weighted by molar-refractivity contribution is 2.10. The number of hydrogen-bond acceptors (Lipinski definition) is 2. The van der Waals surface area contributed by atoms with Crippen molar-refractivity contribution in [3.8, 4) is 0 Å². The molecule has 0 aromatic heterocycles. The Balaban J connectivity index is 5.18. The summed E-state index contributed by atoms with van der Waals surface area (Å²) < 4.78 is 4.44. The molecule has 0 spiro atoms. The van der Waals surface area contributed by atoms with E-state index in [1.807, 2.05) is 0 Å². The van der Waals surface area contributed by atoms with E-state index in [-0.39, 0.29) is 49.4 Å². The molecule has 17 heavy (non-hydrogen) atoms. The molecule has 0 aromatic carbocycles. The van der Waals surface area contributed by atoms with Crippen molar-refractivity contribution in [1.82, 2.24) is 0 Å². The molecule has 1 nitrogen and oxygen atoms in total. The van der Waals surface area contributed by atoms with Gasteiger partial charge in [-0.1, -0.05) is 0 Å². The van der Waals surface area contributed by atoms with Crippen LogP contribution in [0.2, 0.25) is 0 Å². The highest BCUT2D eigenvalue weighted by Crippen LogP contribution is 3.21. The number of rotatable bonds is 7. The number of hydrogen-bond donors (Lipinski definition) is 0. The highest BCUT2D eigenvalue weighted by molar-refractivity contribution is 9.24. The third-order valence-corrected chi connectivity index (χ3v) is 86.2. The van der Waals surface area contributed by atoms with Crippen LogP contribution in [-0.4, -0.2) is 0 Å². The van der Waals surface area contributed by atoms with Crippen molar-refractivity contribution >= 4 is 133 Å². The van der Waals surface area contributed by atoms with Crippen LogP contribution >= 0.6 is 121 Å². The van der Waals surface area contributed by atoms with Crippen LogP contribution in [0.1, 0.15) is 0 Å². The molecule has 0 amide bonds. The van der Waals surface area contributed by atoms with E-state index in [4.69, 9.17) is 12.4 Å². The standard InChI is InChI=1S/H16NP15S/c2-11(3)15(12(4)5)10(1-17)16(13(6)7)14(8)9/h2-9H2. The van der Waals surface area contributed by atoms with Gasteiger partial charge in [0.05, 0.1) is 7.45 Å². The summed E-state index contributed by atoms with van der Waals surface area (Å²) in [6, 6.07) is 0. The molecule has 8 unspecified atom stereocenters. The van der Waals surface area contributed by atoms with Gasteiger partial charge in [0, 0.05) is 26.4 Å². The van der Waals surface area contributed by atoms with E-state index in [2.05, 4.69) is 75.6 Å². The maximum Gasteiger partial charge on any atom is 0.0989 e. The second-order valence-corrected chi connectivity index (χ2v) is 60.3. The van der Waals surface area contributed by atoms with Gasteiger partial charge in [0.2, 0.25) is 0 Å². The SMILES string of the molecule is PP(P)P(P(P)P)P(N=S)P(P(P)P)P(P)P. The summed E-state index contributed by atoms with van der Waals surface area (Å²) >= 11 is 5.16. The van der Waals surface area contributed by atoms with Gasteiger partial charge in [-0.15, -0.1) is 71.4 Å². The Labute approximate surface area is 136 Å². The molecule has 0 aromatic rings. The average Bonchev–Trinajstić information content (AvgIpc) is 2.13. The largest absolute Gasteiger partial charge is 0.185 e. The van der Waals surface area contributed by atoms with Gasteiger partial charge in [0.1, 0.15) is 0 Å². The molecule has 102 valence electrons. The highest BCUT2D eigenvalue weighted by Gasteiger charge is 2.37. The van der Waals surface area contributed by atoms with Crippen molar-refractivity contribution in [2.45, 2.75) is 0 Å². The van der Waals surface area contributed by atoms with Crippen LogP contribution in [0.3, 0.4) is 0 Å². The van der Waals surface area contributed by atoms with Crippen molar-refractivity contribution < 1.29 is 0 Å². The first-order valence-electron chi connectivity index (χ1n) is 3.65. The molecule has 0 rings (SSSR count). The quantitative estimate of drug-likeness (QED) is 0.302. The van der Waals surface area contributed by atoms with Gasteiger partial charge >= 0.3 is 0 Å². The summed E-state index contributed by atoms with van der Waals surface area (Å²) in [4.78, 5) is 0.